The van der Waals surface area contributed by atoms with E-state index in [1.54, 1.807) is 7.11 Å². The first kappa shape index (κ1) is 14.9. The average Bonchev–Trinajstić information content (AvgIpc) is 2.40. The van der Waals surface area contributed by atoms with Crippen LogP contribution < -0.4 is 14.2 Å². The summed E-state index contributed by atoms with van der Waals surface area (Å²) in [6, 6.07) is 5.66. The van der Waals surface area contributed by atoms with Crippen LogP contribution in [-0.2, 0) is 0 Å². The van der Waals surface area contributed by atoms with Crippen LogP contribution in [0.3, 0.4) is 0 Å². The Balaban J connectivity index is 2.66. The number of rotatable bonds is 5. The second-order valence-corrected chi connectivity index (χ2v) is 5.33. The molecule has 5 heteroatoms. The highest BCUT2D eigenvalue weighted by Crippen LogP contribution is 2.38. The van der Waals surface area contributed by atoms with E-state index in [1.807, 2.05) is 39.0 Å². The molecule has 0 atom stereocenters. The van der Waals surface area contributed by atoms with E-state index in [2.05, 4.69) is 20.9 Å². The van der Waals surface area contributed by atoms with Gasteiger partial charge in [0.15, 0.2) is 0 Å². The third-order valence-electron chi connectivity index (χ3n) is 2.70. The number of hydrogen-bond acceptors (Lipinski definition) is 4. The maximum absolute atomic E-state index is 5.86. The number of aromatic nitrogens is 1. The van der Waals surface area contributed by atoms with Crippen molar-refractivity contribution < 1.29 is 14.2 Å². The highest BCUT2D eigenvalue weighted by molar-refractivity contribution is 9.10. The number of nitrogens with zero attached hydrogens (tertiary/aromatic N) is 1. The summed E-state index contributed by atoms with van der Waals surface area (Å²) >= 11 is 3.53. The van der Waals surface area contributed by atoms with Crippen LogP contribution in [0.4, 0.5) is 0 Å². The molecule has 0 spiro atoms. The van der Waals surface area contributed by atoms with Crippen LogP contribution in [0, 0.1) is 0 Å². The molecule has 0 aliphatic rings. The van der Waals surface area contributed by atoms with Crippen molar-refractivity contribution in [1.29, 1.82) is 0 Å². The summed E-state index contributed by atoms with van der Waals surface area (Å²) < 4.78 is 17.5. The van der Waals surface area contributed by atoms with Gasteiger partial charge in [0.05, 0.1) is 29.8 Å². The molecule has 2 aromatic rings. The lowest BCUT2D eigenvalue weighted by atomic mass is 10.2. The summed E-state index contributed by atoms with van der Waals surface area (Å²) in [5, 5.41) is 0.926. The molecule has 0 aliphatic carbocycles. The molecule has 1 aromatic carbocycles. The third-order valence-corrected chi connectivity index (χ3v) is 3.46. The summed E-state index contributed by atoms with van der Waals surface area (Å²) in [7, 11) is 1.63. The third kappa shape index (κ3) is 2.98. The minimum Gasteiger partial charge on any atom is -0.495 e. The standard InChI is InChI=1S/C15H18BrNO3/c1-5-19-13-8-12(20-9(2)3)10-6-7-11(18-4)14(16)15(10)17-13/h6-9H,5H2,1-4H3. The maximum atomic E-state index is 5.86. The lowest BCUT2D eigenvalue weighted by Crippen LogP contribution is -2.07. The first-order valence-electron chi connectivity index (χ1n) is 6.53. The van der Waals surface area contributed by atoms with Gasteiger partial charge >= 0.3 is 0 Å². The van der Waals surface area contributed by atoms with Crippen molar-refractivity contribution in [2.75, 3.05) is 13.7 Å². The van der Waals surface area contributed by atoms with Crippen molar-refractivity contribution in [2.45, 2.75) is 26.9 Å². The van der Waals surface area contributed by atoms with Gasteiger partial charge in [0.1, 0.15) is 11.5 Å². The fourth-order valence-corrected chi connectivity index (χ4v) is 2.51. The number of fused-ring (bicyclic) bond motifs is 1. The molecular formula is C15H18BrNO3. The fourth-order valence-electron chi connectivity index (χ4n) is 1.92. The van der Waals surface area contributed by atoms with Crippen LogP contribution >= 0.6 is 15.9 Å². The molecule has 2 rings (SSSR count). The van der Waals surface area contributed by atoms with Crippen molar-refractivity contribution in [3.05, 3.63) is 22.7 Å². The Kier molecular flexibility index (Phi) is 4.70. The largest absolute Gasteiger partial charge is 0.495 e. The molecule has 0 saturated carbocycles. The van der Waals surface area contributed by atoms with Crippen molar-refractivity contribution in [3.63, 3.8) is 0 Å². The van der Waals surface area contributed by atoms with Crippen LogP contribution in [0.15, 0.2) is 22.7 Å². The van der Waals surface area contributed by atoms with Gasteiger partial charge in [-0.3, -0.25) is 0 Å². The number of pyridine rings is 1. The quantitative estimate of drug-likeness (QED) is 0.818. The number of hydrogen-bond donors (Lipinski definition) is 0. The first-order valence-corrected chi connectivity index (χ1v) is 7.32. The Morgan fingerprint density at radius 2 is 2.00 bits per heavy atom. The maximum Gasteiger partial charge on any atom is 0.217 e. The molecule has 0 amide bonds. The van der Waals surface area contributed by atoms with E-state index in [4.69, 9.17) is 14.2 Å². The van der Waals surface area contributed by atoms with Gasteiger partial charge in [-0.25, -0.2) is 4.98 Å². The van der Waals surface area contributed by atoms with E-state index in [0.717, 1.165) is 26.9 Å². The molecule has 0 N–H and O–H groups in total. The molecule has 1 heterocycles. The second kappa shape index (κ2) is 6.31. The van der Waals surface area contributed by atoms with E-state index >= 15 is 0 Å². The summed E-state index contributed by atoms with van der Waals surface area (Å²) in [5.74, 6) is 2.04. The predicted molar refractivity (Wildman–Crippen MR) is 82.9 cm³/mol. The second-order valence-electron chi connectivity index (χ2n) is 4.54. The number of methoxy groups -OCH3 is 1. The van der Waals surface area contributed by atoms with Gasteiger partial charge < -0.3 is 14.2 Å². The Bertz CT molecular complexity index is 614. The highest BCUT2D eigenvalue weighted by Gasteiger charge is 2.14. The topological polar surface area (TPSA) is 40.6 Å². The zero-order valence-electron chi connectivity index (χ0n) is 12.1. The van der Waals surface area contributed by atoms with Crippen LogP contribution in [0.25, 0.3) is 10.9 Å². The summed E-state index contributed by atoms with van der Waals surface area (Å²) in [5.41, 5.74) is 0.769. The Labute approximate surface area is 127 Å². The molecule has 0 radical (unpaired) electrons. The molecule has 0 aliphatic heterocycles. The van der Waals surface area contributed by atoms with Gasteiger partial charge in [0.25, 0.3) is 0 Å². The lowest BCUT2D eigenvalue weighted by Gasteiger charge is -2.15. The Hall–Kier alpha value is -1.49. The molecular weight excluding hydrogens is 322 g/mol. The van der Waals surface area contributed by atoms with Gasteiger partial charge in [-0.1, -0.05) is 0 Å². The minimum atomic E-state index is 0.0796. The molecule has 108 valence electrons. The van der Waals surface area contributed by atoms with Crippen LogP contribution in [0.5, 0.6) is 17.4 Å². The first-order chi connectivity index (χ1) is 9.56. The Morgan fingerprint density at radius 1 is 1.25 bits per heavy atom. The van der Waals surface area contributed by atoms with E-state index < -0.39 is 0 Å². The summed E-state index contributed by atoms with van der Waals surface area (Å²) in [4.78, 5) is 4.51. The van der Waals surface area contributed by atoms with E-state index in [-0.39, 0.29) is 6.10 Å². The van der Waals surface area contributed by atoms with Gasteiger partial charge in [-0.05, 0) is 48.8 Å². The molecule has 0 fully saturated rings. The average molecular weight is 340 g/mol. The van der Waals surface area contributed by atoms with E-state index in [0.29, 0.717) is 12.5 Å². The van der Waals surface area contributed by atoms with Gasteiger partial charge in [0.2, 0.25) is 5.88 Å². The predicted octanol–water partition coefficient (Wildman–Crippen LogP) is 4.19. The highest BCUT2D eigenvalue weighted by atomic mass is 79.9. The molecule has 4 nitrogen and oxygen atoms in total. The zero-order chi connectivity index (χ0) is 14.7. The van der Waals surface area contributed by atoms with Crippen LogP contribution in [0.2, 0.25) is 0 Å². The fraction of sp³-hybridized carbons (Fsp3) is 0.400. The smallest absolute Gasteiger partial charge is 0.217 e. The van der Waals surface area contributed by atoms with Gasteiger partial charge in [-0.2, -0.15) is 0 Å². The SMILES string of the molecule is CCOc1cc(OC(C)C)c2ccc(OC)c(Br)c2n1. The van der Waals surface area contributed by atoms with Crippen molar-refractivity contribution >= 4 is 26.8 Å². The van der Waals surface area contributed by atoms with Crippen LogP contribution in [-0.4, -0.2) is 24.8 Å². The van der Waals surface area contributed by atoms with Crippen LogP contribution in [0.1, 0.15) is 20.8 Å². The minimum absolute atomic E-state index is 0.0796. The Morgan fingerprint density at radius 3 is 2.60 bits per heavy atom. The summed E-state index contributed by atoms with van der Waals surface area (Å²) in [6.07, 6.45) is 0.0796. The van der Waals surface area contributed by atoms with Gasteiger partial charge in [0, 0.05) is 11.5 Å². The van der Waals surface area contributed by atoms with Crippen molar-refractivity contribution in [2.24, 2.45) is 0 Å². The van der Waals surface area contributed by atoms with Crippen molar-refractivity contribution in [1.82, 2.24) is 4.98 Å². The molecule has 0 unspecified atom stereocenters. The van der Waals surface area contributed by atoms with E-state index in [1.165, 1.54) is 0 Å². The van der Waals surface area contributed by atoms with E-state index in [9.17, 15) is 0 Å². The molecule has 0 bridgehead atoms. The monoisotopic (exact) mass is 339 g/mol. The zero-order valence-corrected chi connectivity index (χ0v) is 13.7. The summed E-state index contributed by atoms with van der Waals surface area (Å²) in [6.45, 7) is 6.47. The number of halogens is 1. The number of benzene rings is 1. The van der Waals surface area contributed by atoms with Gasteiger partial charge in [-0.15, -0.1) is 0 Å². The normalized spacial score (nSPS) is 10.9. The van der Waals surface area contributed by atoms with Crippen molar-refractivity contribution in [3.8, 4) is 17.4 Å². The lowest BCUT2D eigenvalue weighted by molar-refractivity contribution is 0.243. The number of ether oxygens (including phenoxy) is 3. The molecule has 20 heavy (non-hydrogen) atoms. The molecule has 1 aromatic heterocycles. The molecule has 0 saturated heterocycles.